The molecule has 0 radical (unpaired) electrons. The first-order valence-corrected chi connectivity index (χ1v) is 6.97. The fourth-order valence-corrected chi connectivity index (χ4v) is 2.37. The van der Waals surface area contributed by atoms with Gasteiger partial charge in [-0.3, -0.25) is 4.79 Å². The fourth-order valence-electron chi connectivity index (χ4n) is 2.37. The van der Waals surface area contributed by atoms with Crippen molar-refractivity contribution in [2.75, 3.05) is 6.61 Å². The van der Waals surface area contributed by atoms with Gasteiger partial charge in [-0.25, -0.2) is 9.97 Å². The van der Waals surface area contributed by atoms with Gasteiger partial charge in [-0.15, -0.1) is 0 Å². The molecule has 2 aromatic heterocycles. The molecule has 0 aromatic carbocycles. The number of carbonyl (C=O) groups excluding carboxylic acids is 1. The van der Waals surface area contributed by atoms with Crippen LogP contribution in [0.5, 0.6) is 0 Å². The predicted octanol–water partition coefficient (Wildman–Crippen LogP) is 1.76. The van der Waals surface area contributed by atoms with E-state index in [1.807, 2.05) is 0 Å². The normalized spacial score (nSPS) is 18.6. The quantitative estimate of drug-likeness (QED) is 0.835. The highest BCUT2D eigenvalue weighted by Gasteiger charge is 2.28. The fraction of sp³-hybridized carbons (Fsp3) is 0.500. The van der Waals surface area contributed by atoms with E-state index in [9.17, 15) is 4.79 Å². The Bertz CT molecular complexity index is 511. The first-order chi connectivity index (χ1) is 10.3. The van der Waals surface area contributed by atoms with Crippen molar-refractivity contribution in [1.29, 1.82) is 0 Å². The highest BCUT2D eigenvalue weighted by atomic mass is 16.5. The van der Waals surface area contributed by atoms with Crippen LogP contribution in [0, 0.1) is 0 Å². The van der Waals surface area contributed by atoms with Gasteiger partial charge in [0.1, 0.15) is 18.6 Å². The first kappa shape index (κ1) is 13.8. The number of oxazole rings is 2. The molecule has 1 saturated heterocycles. The van der Waals surface area contributed by atoms with Crippen LogP contribution in [-0.4, -0.2) is 33.5 Å². The van der Waals surface area contributed by atoms with Gasteiger partial charge in [-0.2, -0.15) is 0 Å². The number of amides is 1. The molecular formula is C14H17N3O4. The molecule has 0 N–H and O–H groups in total. The molecule has 112 valence electrons. The number of nitrogens with zero attached hydrogens (tertiary/aromatic N) is 3. The minimum atomic E-state index is -0.377. The van der Waals surface area contributed by atoms with E-state index in [0.29, 0.717) is 31.1 Å². The van der Waals surface area contributed by atoms with Gasteiger partial charge in [0.25, 0.3) is 5.91 Å². The Labute approximate surface area is 121 Å². The van der Waals surface area contributed by atoms with Crippen molar-refractivity contribution in [3.63, 3.8) is 0 Å². The van der Waals surface area contributed by atoms with Crippen LogP contribution in [0.15, 0.2) is 34.1 Å². The lowest BCUT2D eigenvalue weighted by molar-refractivity contribution is -0.148. The Balaban J connectivity index is 1.72. The monoisotopic (exact) mass is 291 g/mol. The summed E-state index contributed by atoms with van der Waals surface area (Å²) in [6, 6.07) is 0. The van der Waals surface area contributed by atoms with Gasteiger partial charge in [-0.05, 0) is 19.3 Å². The van der Waals surface area contributed by atoms with Crippen molar-refractivity contribution in [3.05, 3.63) is 36.7 Å². The Hall–Kier alpha value is -2.15. The third kappa shape index (κ3) is 3.49. The third-order valence-corrected chi connectivity index (χ3v) is 3.44. The van der Waals surface area contributed by atoms with Crippen LogP contribution in [-0.2, 0) is 22.6 Å². The second-order valence-corrected chi connectivity index (χ2v) is 5.01. The van der Waals surface area contributed by atoms with Crippen molar-refractivity contribution in [1.82, 2.24) is 14.9 Å². The zero-order valence-corrected chi connectivity index (χ0v) is 11.6. The lowest BCUT2D eigenvalue weighted by atomic mass is 10.1. The molecule has 2 aromatic rings. The minimum absolute atomic E-state index is 0.0410. The number of carbonyl (C=O) groups is 1. The van der Waals surface area contributed by atoms with Gasteiger partial charge >= 0.3 is 0 Å². The zero-order valence-electron chi connectivity index (χ0n) is 11.6. The number of hydrogen-bond donors (Lipinski definition) is 0. The van der Waals surface area contributed by atoms with Crippen LogP contribution in [0.4, 0.5) is 0 Å². The van der Waals surface area contributed by atoms with Gasteiger partial charge < -0.3 is 18.5 Å². The number of rotatable bonds is 5. The Morgan fingerprint density at radius 3 is 2.29 bits per heavy atom. The summed E-state index contributed by atoms with van der Waals surface area (Å²) in [6.07, 6.45) is 8.17. The van der Waals surface area contributed by atoms with Crippen LogP contribution in [0.25, 0.3) is 0 Å². The van der Waals surface area contributed by atoms with E-state index in [1.165, 1.54) is 25.3 Å². The molecular weight excluding hydrogens is 274 g/mol. The highest BCUT2D eigenvalue weighted by molar-refractivity contribution is 5.81. The molecule has 0 spiro atoms. The van der Waals surface area contributed by atoms with E-state index in [2.05, 4.69) is 9.97 Å². The first-order valence-electron chi connectivity index (χ1n) is 6.97. The largest absolute Gasteiger partial charge is 0.451 e. The van der Waals surface area contributed by atoms with E-state index in [0.717, 1.165) is 19.3 Å². The predicted molar refractivity (Wildman–Crippen MR) is 70.9 cm³/mol. The van der Waals surface area contributed by atoms with E-state index < -0.39 is 0 Å². The van der Waals surface area contributed by atoms with Crippen LogP contribution in [0.1, 0.15) is 30.7 Å². The average molecular weight is 291 g/mol. The summed E-state index contributed by atoms with van der Waals surface area (Å²) in [7, 11) is 0. The second-order valence-electron chi connectivity index (χ2n) is 5.01. The molecule has 0 unspecified atom stereocenters. The maximum absolute atomic E-state index is 12.6. The topological polar surface area (TPSA) is 81.6 Å². The Kier molecular flexibility index (Phi) is 4.30. The summed E-state index contributed by atoms with van der Waals surface area (Å²) >= 11 is 0. The van der Waals surface area contributed by atoms with E-state index in [4.69, 9.17) is 13.6 Å². The molecule has 1 amide bonds. The van der Waals surface area contributed by atoms with E-state index >= 15 is 0 Å². The molecule has 7 heteroatoms. The maximum Gasteiger partial charge on any atom is 0.252 e. The molecule has 0 bridgehead atoms. The van der Waals surface area contributed by atoms with Crippen LogP contribution >= 0.6 is 0 Å². The summed E-state index contributed by atoms with van der Waals surface area (Å²) < 4.78 is 15.5. The zero-order chi connectivity index (χ0) is 14.5. The molecule has 1 aliphatic rings. The summed E-state index contributed by atoms with van der Waals surface area (Å²) in [5, 5.41) is 0. The van der Waals surface area contributed by atoms with Crippen LogP contribution in [0.2, 0.25) is 0 Å². The van der Waals surface area contributed by atoms with Gasteiger partial charge in [0.15, 0.2) is 12.8 Å². The van der Waals surface area contributed by atoms with Gasteiger partial charge in [0.05, 0.1) is 24.5 Å². The average Bonchev–Trinajstić information content (AvgIpc) is 3.20. The molecule has 1 fully saturated rings. The molecule has 0 saturated carbocycles. The lowest BCUT2D eigenvalue weighted by Crippen LogP contribution is -2.41. The van der Waals surface area contributed by atoms with Crippen molar-refractivity contribution in [2.45, 2.75) is 38.5 Å². The Morgan fingerprint density at radius 1 is 1.14 bits per heavy atom. The summed E-state index contributed by atoms with van der Waals surface area (Å²) in [5.41, 5.74) is 1.39. The van der Waals surface area contributed by atoms with Crippen molar-refractivity contribution in [2.24, 2.45) is 0 Å². The van der Waals surface area contributed by atoms with Gasteiger partial charge in [0.2, 0.25) is 0 Å². The Morgan fingerprint density at radius 2 is 1.81 bits per heavy atom. The second kappa shape index (κ2) is 6.53. The van der Waals surface area contributed by atoms with Crippen molar-refractivity contribution >= 4 is 5.91 Å². The summed E-state index contributed by atoms with van der Waals surface area (Å²) in [4.78, 5) is 22.4. The lowest BCUT2D eigenvalue weighted by Gasteiger charge is -2.28. The standard InChI is InChI=1S/C14H17N3O4/c18-14(13-3-1-2-4-21-13)17(5-11-7-19-9-15-11)6-12-8-20-10-16-12/h7-10,13H,1-6H2/t13-/m0/s1. The minimum Gasteiger partial charge on any atom is -0.451 e. The molecule has 1 atom stereocenters. The number of aromatic nitrogens is 2. The number of hydrogen-bond acceptors (Lipinski definition) is 6. The summed E-state index contributed by atoms with van der Waals surface area (Å²) in [6.45, 7) is 1.36. The van der Waals surface area contributed by atoms with Crippen LogP contribution in [0.3, 0.4) is 0 Å². The van der Waals surface area contributed by atoms with Gasteiger partial charge in [-0.1, -0.05) is 0 Å². The van der Waals surface area contributed by atoms with Crippen LogP contribution < -0.4 is 0 Å². The maximum atomic E-state index is 12.6. The molecule has 21 heavy (non-hydrogen) atoms. The third-order valence-electron chi connectivity index (χ3n) is 3.44. The molecule has 3 heterocycles. The van der Waals surface area contributed by atoms with E-state index in [1.54, 1.807) is 4.90 Å². The smallest absolute Gasteiger partial charge is 0.252 e. The van der Waals surface area contributed by atoms with E-state index in [-0.39, 0.29) is 12.0 Å². The molecule has 7 nitrogen and oxygen atoms in total. The SMILES string of the molecule is O=C([C@@H]1CCCCO1)N(Cc1cocn1)Cc1cocn1. The molecule has 1 aliphatic heterocycles. The van der Waals surface area contributed by atoms with Gasteiger partial charge in [0, 0.05) is 6.61 Å². The summed E-state index contributed by atoms with van der Waals surface area (Å²) in [5.74, 6) is -0.0410. The van der Waals surface area contributed by atoms with Crippen molar-refractivity contribution < 1.29 is 18.4 Å². The number of ether oxygens (including phenoxy) is 1. The molecule has 3 rings (SSSR count). The van der Waals surface area contributed by atoms with Crippen molar-refractivity contribution in [3.8, 4) is 0 Å². The highest BCUT2D eigenvalue weighted by Crippen LogP contribution is 2.18. The molecule has 0 aliphatic carbocycles.